The summed E-state index contributed by atoms with van der Waals surface area (Å²) in [5, 5.41) is 2.94. The summed E-state index contributed by atoms with van der Waals surface area (Å²) < 4.78 is 23.8. The standard InChI is InChI=1S/C20H30N2O3S/c1-19(2)15-22(13-10-16-8-4-5-9-17(16)19)18(23)21-14-20(26(3,24)25)11-6-7-12-20/h4-5,8-9H,6-7,10-15H2,1-3H3,(H,21,23). The quantitative estimate of drug-likeness (QED) is 0.879. The fourth-order valence-corrected chi connectivity index (χ4v) is 5.88. The molecule has 0 saturated heterocycles. The van der Waals surface area contributed by atoms with Gasteiger partial charge in [-0.05, 0) is 30.4 Å². The number of amides is 2. The minimum Gasteiger partial charge on any atom is -0.336 e. The summed E-state index contributed by atoms with van der Waals surface area (Å²) in [5.74, 6) is 0. The van der Waals surface area contributed by atoms with Crippen LogP contribution in [0.4, 0.5) is 4.79 Å². The number of fused-ring (bicyclic) bond motifs is 1. The van der Waals surface area contributed by atoms with E-state index in [1.165, 1.54) is 17.4 Å². The molecular formula is C20H30N2O3S. The molecule has 6 heteroatoms. The lowest BCUT2D eigenvalue weighted by Gasteiger charge is -2.33. The number of benzene rings is 1. The Kier molecular flexibility index (Phi) is 5.08. The average molecular weight is 379 g/mol. The maximum Gasteiger partial charge on any atom is 0.317 e. The highest BCUT2D eigenvalue weighted by Crippen LogP contribution is 2.36. The van der Waals surface area contributed by atoms with E-state index in [9.17, 15) is 13.2 Å². The van der Waals surface area contributed by atoms with Gasteiger partial charge >= 0.3 is 6.03 Å². The van der Waals surface area contributed by atoms with Gasteiger partial charge in [0.05, 0.1) is 4.75 Å². The van der Waals surface area contributed by atoms with Crippen molar-refractivity contribution >= 4 is 15.9 Å². The number of hydrogen-bond donors (Lipinski definition) is 1. The smallest absolute Gasteiger partial charge is 0.317 e. The third-order valence-corrected chi connectivity index (χ3v) is 8.26. The Hall–Kier alpha value is -1.56. The Morgan fingerprint density at radius 2 is 1.85 bits per heavy atom. The number of rotatable bonds is 3. The Morgan fingerprint density at radius 3 is 2.50 bits per heavy atom. The molecule has 0 radical (unpaired) electrons. The molecule has 1 heterocycles. The first-order valence-electron chi connectivity index (χ1n) is 9.45. The number of nitrogens with zero attached hydrogens (tertiary/aromatic N) is 1. The fraction of sp³-hybridized carbons (Fsp3) is 0.650. The Morgan fingerprint density at radius 1 is 1.19 bits per heavy atom. The van der Waals surface area contributed by atoms with Gasteiger partial charge in [-0.25, -0.2) is 13.2 Å². The number of carbonyl (C=O) groups excluding carboxylic acids is 1. The van der Waals surface area contributed by atoms with Crippen LogP contribution in [0.15, 0.2) is 24.3 Å². The molecule has 1 N–H and O–H groups in total. The van der Waals surface area contributed by atoms with Gasteiger partial charge in [0.25, 0.3) is 0 Å². The zero-order chi connectivity index (χ0) is 19.0. The Labute approximate surface area is 157 Å². The van der Waals surface area contributed by atoms with Gasteiger partial charge in [0.15, 0.2) is 9.84 Å². The molecule has 3 rings (SSSR count). The van der Waals surface area contributed by atoms with E-state index in [0.717, 1.165) is 19.3 Å². The topological polar surface area (TPSA) is 66.5 Å². The van der Waals surface area contributed by atoms with Crippen LogP contribution in [0.3, 0.4) is 0 Å². The molecule has 0 aromatic heterocycles. The van der Waals surface area contributed by atoms with Crippen LogP contribution < -0.4 is 5.32 Å². The van der Waals surface area contributed by atoms with Gasteiger partial charge in [0.1, 0.15) is 0 Å². The summed E-state index contributed by atoms with van der Waals surface area (Å²) in [5.41, 5.74) is 2.45. The molecule has 2 aliphatic rings. The molecule has 26 heavy (non-hydrogen) atoms. The molecule has 0 unspecified atom stereocenters. The van der Waals surface area contributed by atoms with Crippen LogP contribution >= 0.6 is 0 Å². The highest BCUT2D eigenvalue weighted by molar-refractivity contribution is 7.92. The SMILES string of the molecule is CC1(C)CN(C(=O)NCC2(S(C)(=O)=O)CCCC2)CCc2ccccc21. The third kappa shape index (κ3) is 3.61. The zero-order valence-electron chi connectivity index (χ0n) is 16.0. The minimum absolute atomic E-state index is 0.133. The van der Waals surface area contributed by atoms with Gasteiger partial charge in [-0.15, -0.1) is 0 Å². The summed E-state index contributed by atoms with van der Waals surface area (Å²) in [4.78, 5) is 14.7. The summed E-state index contributed by atoms with van der Waals surface area (Å²) in [6, 6.07) is 8.22. The van der Waals surface area contributed by atoms with Crippen LogP contribution in [-0.4, -0.2) is 50.0 Å². The molecule has 1 aromatic carbocycles. The van der Waals surface area contributed by atoms with Crippen LogP contribution in [0.2, 0.25) is 0 Å². The average Bonchev–Trinajstić information content (AvgIpc) is 3.02. The van der Waals surface area contributed by atoms with Crippen LogP contribution in [0, 0.1) is 0 Å². The van der Waals surface area contributed by atoms with Crippen molar-refractivity contribution in [3.8, 4) is 0 Å². The molecule has 5 nitrogen and oxygen atoms in total. The van der Waals surface area contributed by atoms with Crippen LogP contribution in [0.1, 0.15) is 50.7 Å². The fourth-order valence-electron chi connectivity index (χ4n) is 4.52. The molecular weight excluding hydrogens is 348 g/mol. The molecule has 1 aromatic rings. The summed E-state index contributed by atoms with van der Waals surface area (Å²) >= 11 is 0. The molecule has 0 bridgehead atoms. The van der Waals surface area contributed by atoms with Crippen molar-refractivity contribution < 1.29 is 13.2 Å². The van der Waals surface area contributed by atoms with Gasteiger partial charge in [-0.3, -0.25) is 0 Å². The number of hydrogen-bond acceptors (Lipinski definition) is 3. The van der Waals surface area contributed by atoms with Crippen molar-refractivity contribution in [3.05, 3.63) is 35.4 Å². The van der Waals surface area contributed by atoms with Crippen molar-refractivity contribution in [2.24, 2.45) is 0 Å². The van der Waals surface area contributed by atoms with E-state index in [0.29, 0.717) is 25.9 Å². The van der Waals surface area contributed by atoms with Crippen molar-refractivity contribution in [2.75, 3.05) is 25.9 Å². The van der Waals surface area contributed by atoms with Crippen molar-refractivity contribution in [3.63, 3.8) is 0 Å². The Balaban J connectivity index is 1.71. The molecule has 1 aliphatic carbocycles. The number of carbonyl (C=O) groups is 1. The van der Waals surface area contributed by atoms with Gasteiger partial charge < -0.3 is 10.2 Å². The summed E-state index contributed by atoms with van der Waals surface area (Å²) in [6.07, 6.45) is 5.23. The first-order valence-corrected chi connectivity index (χ1v) is 11.3. The predicted octanol–water partition coefficient (Wildman–Crippen LogP) is 2.89. The second kappa shape index (κ2) is 6.87. The lowest BCUT2D eigenvalue weighted by Crippen LogP contribution is -2.51. The molecule has 1 saturated carbocycles. The maximum absolute atomic E-state index is 12.8. The maximum atomic E-state index is 12.8. The molecule has 0 spiro atoms. The van der Waals surface area contributed by atoms with Gasteiger partial charge in [0, 0.05) is 31.3 Å². The summed E-state index contributed by atoms with van der Waals surface area (Å²) in [6.45, 7) is 5.81. The van der Waals surface area contributed by atoms with Gasteiger partial charge in [0.2, 0.25) is 0 Å². The van der Waals surface area contributed by atoms with Crippen LogP contribution in [0.5, 0.6) is 0 Å². The van der Waals surface area contributed by atoms with Gasteiger partial charge in [-0.1, -0.05) is 51.0 Å². The minimum atomic E-state index is -3.20. The highest BCUT2D eigenvalue weighted by Gasteiger charge is 2.44. The van der Waals surface area contributed by atoms with Crippen molar-refractivity contribution in [1.29, 1.82) is 0 Å². The molecule has 2 amide bonds. The van der Waals surface area contributed by atoms with Crippen LogP contribution in [0.25, 0.3) is 0 Å². The second-order valence-electron chi connectivity index (χ2n) is 8.53. The molecule has 1 fully saturated rings. The molecule has 1 aliphatic heterocycles. The third-order valence-electron chi connectivity index (χ3n) is 6.13. The van der Waals surface area contributed by atoms with Crippen molar-refractivity contribution in [2.45, 2.75) is 56.1 Å². The van der Waals surface area contributed by atoms with E-state index in [1.807, 2.05) is 17.0 Å². The monoisotopic (exact) mass is 378 g/mol. The van der Waals surface area contributed by atoms with E-state index in [-0.39, 0.29) is 18.0 Å². The summed E-state index contributed by atoms with van der Waals surface area (Å²) in [7, 11) is -3.20. The van der Waals surface area contributed by atoms with Crippen LogP contribution in [-0.2, 0) is 21.7 Å². The normalized spacial score (nSPS) is 21.7. The number of urea groups is 1. The van der Waals surface area contributed by atoms with Crippen molar-refractivity contribution in [1.82, 2.24) is 10.2 Å². The second-order valence-corrected chi connectivity index (χ2v) is 10.9. The zero-order valence-corrected chi connectivity index (χ0v) is 16.9. The number of nitrogens with one attached hydrogen (secondary N) is 1. The Bertz CT molecular complexity index is 780. The highest BCUT2D eigenvalue weighted by atomic mass is 32.2. The lowest BCUT2D eigenvalue weighted by molar-refractivity contribution is 0.187. The lowest BCUT2D eigenvalue weighted by atomic mass is 9.82. The van der Waals surface area contributed by atoms with E-state index >= 15 is 0 Å². The largest absolute Gasteiger partial charge is 0.336 e. The first kappa shape index (κ1) is 19.2. The molecule has 144 valence electrons. The predicted molar refractivity (Wildman–Crippen MR) is 104 cm³/mol. The number of sulfone groups is 1. The van der Waals surface area contributed by atoms with Gasteiger partial charge in [-0.2, -0.15) is 0 Å². The van der Waals surface area contributed by atoms with E-state index in [1.54, 1.807) is 0 Å². The van der Waals surface area contributed by atoms with E-state index in [2.05, 4.69) is 31.3 Å². The van der Waals surface area contributed by atoms with E-state index in [4.69, 9.17) is 0 Å². The molecule has 0 atom stereocenters. The van der Waals surface area contributed by atoms with E-state index < -0.39 is 14.6 Å². The first-order chi connectivity index (χ1) is 12.1.